The van der Waals surface area contributed by atoms with Gasteiger partial charge in [-0.05, 0) is 42.0 Å². The summed E-state index contributed by atoms with van der Waals surface area (Å²) in [5.74, 6) is 0. The Bertz CT molecular complexity index is 1040. The monoisotopic (exact) mass is 524 g/mol. The highest BCUT2D eigenvalue weighted by atomic mass is 127. The molecule has 0 aliphatic heterocycles. The highest BCUT2D eigenvalue weighted by Gasteiger charge is 2.36. The van der Waals surface area contributed by atoms with Gasteiger partial charge in [0.05, 0.1) is 6.10 Å². The van der Waals surface area contributed by atoms with E-state index in [9.17, 15) is 18.3 Å². The van der Waals surface area contributed by atoms with Crippen molar-refractivity contribution in [1.29, 1.82) is 0 Å². The molecule has 3 aromatic carbocycles. The zero-order valence-electron chi connectivity index (χ0n) is 14.5. The average Bonchev–Trinajstić information content (AvgIpc) is 2.61. The number of fused-ring (bicyclic) bond motifs is 1. The molecule has 0 amide bonds. The fraction of sp³-hybridized carbons (Fsp3) is 0.158. The normalized spacial score (nSPS) is 12.9. The first kappa shape index (κ1) is 22.6. The summed E-state index contributed by atoms with van der Waals surface area (Å²) >= 11 is -0.261. The number of alkyl halides is 3. The summed E-state index contributed by atoms with van der Waals surface area (Å²) in [4.78, 5) is 0. The van der Waals surface area contributed by atoms with E-state index in [4.69, 9.17) is 13.0 Å². The van der Waals surface area contributed by atoms with Crippen molar-refractivity contribution in [2.45, 2.75) is 18.5 Å². The van der Waals surface area contributed by atoms with Crippen LogP contribution in [0.4, 0.5) is 13.2 Å². The first-order chi connectivity index (χ1) is 13.0. The van der Waals surface area contributed by atoms with Crippen molar-refractivity contribution in [2.24, 2.45) is 0 Å². The molecule has 0 saturated heterocycles. The third kappa shape index (κ3) is 5.90. The second-order valence-electron chi connectivity index (χ2n) is 5.65. The molecule has 0 fully saturated rings. The predicted octanol–water partition coefficient (Wildman–Crippen LogP) is 1.07. The highest BCUT2D eigenvalue weighted by Crippen LogP contribution is 2.24. The quantitative estimate of drug-likeness (QED) is 0.316. The Morgan fingerprint density at radius 2 is 1.50 bits per heavy atom. The molecule has 0 aromatic heterocycles. The summed E-state index contributed by atoms with van der Waals surface area (Å²) in [5, 5.41) is 12.6. The van der Waals surface area contributed by atoms with Crippen molar-refractivity contribution in [3.05, 3.63) is 79.4 Å². The molecule has 150 valence electrons. The van der Waals surface area contributed by atoms with Crippen LogP contribution < -0.4 is 21.2 Å². The molecule has 9 heteroatoms. The zero-order valence-corrected chi connectivity index (χ0v) is 17.5. The van der Waals surface area contributed by atoms with Gasteiger partial charge in [-0.15, -0.1) is 0 Å². The molecule has 0 aliphatic carbocycles. The van der Waals surface area contributed by atoms with Crippen molar-refractivity contribution < 1.29 is 52.5 Å². The lowest BCUT2D eigenvalue weighted by molar-refractivity contribution is -0.598. The van der Waals surface area contributed by atoms with Crippen LogP contribution >= 0.6 is 0 Å². The number of rotatable bonds is 3. The summed E-state index contributed by atoms with van der Waals surface area (Å²) in [5.41, 5.74) is -4.55. The van der Waals surface area contributed by atoms with Crippen LogP contribution in [-0.2, 0) is 10.1 Å². The van der Waals surface area contributed by atoms with E-state index in [0.717, 1.165) is 5.56 Å². The molecule has 28 heavy (non-hydrogen) atoms. The van der Waals surface area contributed by atoms with Crippen molar-refractivity contribution >= 4 is 20.9 Å². The van der Waals surface area contributed by atoms with Gasteiger partial charge in [0.15, 0.2) is 13.7 Å². The van der Waals surface area contributed by atoms with Crippen LogP contribution in [0.25, 0.3) is 10.8 Å². The van der Waals surface area contributed by atoms with Gasteiger partial charge in [0.1, 0.15) is 0 Å². The summed E-state index contributed by atoms with van der Waals surface area (Å²) in [7, 11) is -6.09. The predicted molar refractivity (Wildman–Crippen MR) is 94.2 cm³/mol. The van der Waals surface area contributed by atoms with Crippen LogP contribution in [0.5, 0.6) is 0 Å². The summed E-state index contributed by atoms with van der Waals surface area (Å²) in [6, 6.07) is 23.2. The second-order valence-corrected chi connectivity index (χ2v) is 9.97. The van der Waals surface area contributed by atoms with E-state index in [2.05, 4.69) is 48.5 Å². The Hall–Kier alpha value is -1.69. The molecule has 1 atom stereocenters. The Morgan fingerprint density at radius 1 is 0.964 bits per heavy atom. The minimum atomic E-state index is -6.09. The van der Waals surface area contributed by atoms with E-state index in [1.54, 1.807) is 0 Å². The molecule has 0 radical (unpaired) electrons. The SMILES string of the molecule is C[C@@H](O)c1c([I+]c2ccccc2)ccc2ccccc12.O=S(=O)([O-])C(F)(F)F. The highest BCUT2D eigenvalue weighted by molar-refractivity contribution is 7.86. The third-order valence-electron chi connectivity index (χ3n) is 3.56. The minimum Gasteiger partial charge on any atom is -0.741 e. The van der Waals surface area contributed by atoms with E-state index in [1.165, 1.54) is 17.9 Å². The third-order valence-corrected chi connectivity index (χ3v) is 6.99. The number of hydrogen-bond acceptors (Lipinski definition) is 4. The Kier molecular flexibility index (Phi) is 7.43. The Balaban J connectivity index is 0.000000300. The lowest BCUT2D eigenvalue weighted by atomic mass is 10.0. The summed E-state index contributed by atoms with van der Waals surface area (Å²) in [6.07, 6.45) is -0.431. The second kappa shape index (κ2) is 9.21. The maximum Gasteiger partial charge on any atom is 0.485 e. The van der Waals surface area contributed by atoms with Crippen molar-refractivity contribution in [3.8, 4) is 0 Å². The first-order valence-electron chi connectivity index (χ1n) is 7.92. The molecule has 0 bridgehead atoms. The lowest BCUT2D eigenvalue weighted by Gasteiger charge is -2.09. The van der Waals surface area contributed by atoms with Gasteiger partial charge >= 0.3 is 26.7 Å². The standard InChI is InChI=1S/C18H16IO.CHF3O3S/c1-13(20)18-16-10-6-5-7-14(16)11-12-17(18)19-15-8-3-2-4-9-15;2-1(3,4)8(5,6)7/h2-13,20H,1H3;(H,5,6,7)/q+1;/p-1/t13-;/m1./s1. The Labute approximate surface area is 171 Å². The van der Waals surface area contributed by atoms with Crippen LogP contribution in [0.3, 0.4) is 0 Å². The molecule has 0 aliphatic rings. The number of halogens is 4. The molecule has 4 nitrogen and oxygen atoms in total. The smallest absolute Gasteiger partial charge is 0.485 e. The fourth-order valence-corrected chi connectivity index (χ4v) is 5.21. The molecule has 0 unspecified atom stereocenters. The Morgan fingerprint density at radius 3 is 2.04 bits per heavy atom. The van der Waals surface area contributed by atoms with Crippen LogP contribution in [0.2, 0.25) is 0 Å². The molecule has 0 heterocycles. The van der Waals surface area contributed by atoms with Gasteiger partial charge in [-0.3, -0.25) is 0 Å². The molecular weight excluding hydrogens is 508 g/mol. The van der Waals surface area contributed by atoms with Crippen LogP contribution in [0.15, 0.2) is 66.7 Å². The molecule has 0 saturated carbocycles. The van der Waals surface area contributed by atoms with Gasteiger partial charge in [-0.25, -0.2) is 8.42 Å². The summed E-state index contributed by atoms with van der Waals surface area (Å²) < 4.78 is 61.6. The summed E-state index contributed by atoms with van der Waals surface area (Å²) in [6.45, 7) is 1.86. The van der Waals surface area contributed by atoms with Gasteiger partial charge in [0.25, 0.3) is 0 Å². The zero-order chi connectivity index (χ0) is 20.9. The average molecular weight is 524 g/mol. The maximum absolute atomic E-state index is 10.7. The number of benzene rings is 3. The lowest BCUT2D eigenvalue weighted by Crippen LogP contribution is -3.61. The van der Waals surface area contributed by atoms with Crippen molar-refractivity contribution in [1.82, 2.24) is 0 Å². The van der Waals surface area contributed by atoms with Gasteiger partial charge in [-0.1, -0.05) is 42.5 Å². The van der Waals surface area contributed by atoms with Crippen molar-refractivity contribution in [2.75, 3.05) is 0 Å². The number of aliphatic hydroxyl groups excluding tert-OH is 1. The van der Waals surface area contributed by atoms with E-state index in [1.807, 2.05) is 25.1 Å². The molecule has 0 spiro atoms. The van der Waals surface area contributed by atoms with E-state index < -0.39 is 21.7 Å². The van der Waals surface area contributed by atoms with Crippen molar-refractivity contribution in [3.63, 3.8) is 0 Å². The molecule has 1 N–H and O–H groups in total. The van der Waals surface area contributed by atoms with Crippen LogP contribution in [-0.4, -0.2) is 23.6 Å². The maximum atomic E-state index is 10.7. The topological polar surface area (TPSA) is 77.4 Å². The molecular formula is C19H16F3IO4S. The van der Waals surface area contributed by atoms with Gasteiger partial charge in [0, 0.05) is 5.56 Å². The number of hydrogen-bond donors (Lipinski definition) is 1. The van der Waals surface area contributed by atoms with E-state index in [-0.39, 0.29) is 21.2 Å². The van der Waals surface area contributed by atoms with Gasteiger partial charge in [0.2, 0.25) is 3.57 Å². The van der Waals surface area contributed by atoms with Gasteiger partial charge < -0.3 is 9.66 Å². The van der Waals surface area contributed by atoms with E-state index >= 15 is 0 Å². The minimum absolute atomic E-state index is 0.261. The van der Waals surface area contributed by atoms with Crippen LogP contribution in [0.1, 0.15) is 18.6 Å². The fourth-order valence-electron chi connectivity index (χ4n) is 2.37. The van der Waals surface area contributed by atoms with Gasteiger partial charge in [-0.2, -0.15) is 13.2 Å². The largest absolute Gasteiger partial charge is 0.741 e. The molecule has 3 aromatic rings. The first-order valence-corrected chi connectivity index (χ1v) is 11.5. The number of aliphatic hydroxyl groups is 1. The molecule has 3 rings (SSSR count). The van der Waals surface area contributed by atoms with Crippen LogP contribution in [0, 0.1) is 7.14 Å². The van der Waals surface area contributed by atoms with E-state index in [0.29, 0.717) is 0 Å².